The SMILES string of the molecule is C[C@@H](NC(=O)OC(C)(C)C)c1cccc(C(F)(F)C(C)(O)C2CCC2)c1F. The highest BCUT2D eigenvalue weighted by molar-refractivity contribution is 5.68. The Morgan fingerprint density at radius 3 is 2.33 bits per heavy atom. The Kier molecular flexibility index (Phi) is 5.85. The van der Waals surface area contributed by atoms with Crippen LogP contribution in [0.3, 0.4) is 0 Å². The van der Waals surface area contributed by atoms with Gasteiger partial charge >= 0.3 is 12.0 Å². The molecule has 1 saturated carbocycles. The largest absolute Gasteiger partial charge is 0.444 e. The van der Waals surface area contributed by atoms with Gasteiger partial charge in [0.25, 0.3) is 0 Å². The zero-order valence-corrected chi connectivity index (χ0v) is 16.4. The molecule has 1 aromatic rings. The van der Waals surface area contributed by atoms with Crippen molar-refractivity contribution in [1.82, 2.24) is 5.32 Å². The summed E-state index contributed by atoms with van der Waals surface area (Å²) in [4.78, 5) is 11.9. The summed E-state index contributed by atoms with van der Waals surface area (Å²) in [6, 6.07) is 2.72. The maximum atomic E-state index is 15.0. The number of rotatable bonds is 5. The third-order valence-corrected chi connectivity index (χ3v) is 5.10. The van der Waals surface area contributed by atoms with Crippen LogP contribution in [-0.4, -0.2) is 22.4 Å². The number of halogens is 3. The van der Waals surface area contributed by atoms with Crippen LogP contribution in [0.5, 0.6) is 0 Å². The Morgan fingerprint density at radius 2 is 1.85 bits per heavy atom. The van der Waals surface area contributed by atoms with Crippen molar-refractivity contribution in [3.63, 3.8) is 0 Å². The number of carbonyl (C=O) groups is 1. The first-order valence-electron chi connectivity index (χ1n) is 9.16. The highest BCUT2D eigenvalue weighted by atomic mass is 19.3. The molecule has 0 saturated heterocycles. The average Bonchev–Trinajstić information content (AvgIpc) is 2.42. The van der Waals surface area contributed by atoms with E-state index < -0.39 is 46.6 Å². The number of alkyl carbamates (subject to hydrolysis) is 1. The highest BCUT2D eigenvalue weighted by Gasteiger charge is 2.57. The topological polar surface area (TPSA) is 58.6 Å². The number of amides is 1. The van der Waals surface area contributed by atoms with E-state index in [-0.39, 0.29) is 5.56 Å². The summed E-state index contributed by atoms with van der Waals surface area (Å²) < 4.78 is 50.0. The van der Waals surface area contributed by atoms with Crippen molar-refractivity contribution >= 4 is 6.09 Å². The molecule has 0 bridgehead atoms. The van der Waals surface area contributed by atoms with Crippen molar-refractivity contribution in [2.45, 2.75) is 77.0 Å². The van der Waals surface area contributed by atoms with Crippen LogP contribution < -0.4 is 5.32 Å². The highest BCUT2D eigenvalue weighted by Crippen LogP contribution is 2.50. The van der Waals surface area contributed by atoms with Crippen LogP contribution in [-0.2, 0) is 10.7 Å². The van der Waals surface area contributed by atoms with Crippen molar-refractivity contribution in [2.24, 2.45) is 5.92 Å². The van der Waals surface area contributed by atoms with Gasteiger partial charge in [0.2, 0.25) is 0 Å². The standard InChI is InChI=1S/C20H28F3NO3/c1-12(24-17(25)27-18(2,3)4)14-10-7-11-15(16(14)21)20(22,23)19(5,26)13-8-6-9-13/h7,10-13,26H,6,8-9H2,1-5H3,(H,24,25)/t12-,19?/m1/s1. The first-order valence-corrected chi connectivity index (χ1v) is 9.16. The van der Waals surface area contributed by atoms with Crippen molar-refractivity contribution < 1.29 is 27.8 Å². The van der Waals surface area contributed by atoms with Crippen LogP contribution in [0.15, 0.2) is 18.2 Å². The summed E-state index contributed by atoms with van der Waals surface area (Å²) in [7, 11) is 0. The van der Waals surface area contributed by atoms with E-state index in [0.29, 0.717) is 12.8 Å². The zero-order valence-electron chi connectivity index (χ0n) is 16.4. The third kappa shape index (κ3) is 4.39. The molecular weight excluding hydrogens is 359 g/mol. The van der Waals surface area contributed by atoms with Crippen LogP contribution in [0.1, 0.15) is 71.0 Å². The molecule has 4 nitrogen and oxygen atoms in total. The molecule has 2 rings (SSSR count). The first kappa shape index (κ1) is 21.5. The number of alkyl halides is 2. The van der Waals surface area contributed by atoms with Crippen LogP contribution in [0, 0.1) is 11.7 Å². The van der Waals surface area contributed by atoms with Gasteiger partial charge in [0, 0.05) is 5.56 Å². The fourth-order valence-electron chi connectivity index (χ4n) is 3.19. The number of nitrogens with one attached hydrogen (secondary N) is 1. The maximum absolute atomic E-state index is 15.0. The van der Waals surface area contributed by atoms with E-state index in [2.05, 4.69) is 5.32 Å². The molecule has 0 heterocycles. The summed E-state index contributed by atoms with van der Waals surface area (Å²) in [6.45, 7) is 7.59. The molecule has 1 unspecified atom stereocenters. The fourth-order valence-corrected chi connectivity index (χ4v) is 3.19. The Labute approximate surface area is 158 Å². The van der Waals surface area contributed by atoms with Crippen LogP contribution >= 0.6 is 0 Å². The fraction of sp³-hybridized carbons (Fsp3) is 0.650. The Hall–Kier alpha value is -1.76. The quantitative estimate of drug-likeness (QED) is 0.743. The van der Waals surface area contributed by atoms with Gasteiger partial charge < -0.3 is 15.2 Å². The summed E-state index contributed by atoms with van der Waals surface area (Å²) in [5.41, 5.74) is -4.04. The molecule has 0 spiro atoms. The van der Waals surface area contributed by atoms with Gasteiger partial charge in [-0.05, 0) is 59.4 Å². The number of benzene rings is 1. The lowest BCUT2D eigenvalue weighted by Gasteiger charge is -2.43. The second kappa shape index (κ2) is 7.34. The molecule has 1 aliphatic rings. The normalized spacial score (nSPS) is 19.0. The van der Waals surface area contributed by atoms with E-state index in [1.54, 1.807) is 20.8 Å². The smallest absolute Gasteiger partial charge is 0.408 e. The van der Waals surface area contributed by atoms with Crippen molar-refractivity contribution in [2.75, 3.05) is 0 Å². The van der Waals surface area contributed by atoms with Crippen LogP contribution in [0.2, 0.25) is 0 Å². The summed E-state index contributed by atoms with van der Waals surface area (Å²) in [5, 5.41) is 12.9. The lowest BCUT2D eigenvalue weighted by atomic mass is 9.69. The van der Waals surface area contributed by atoms with Gasteiger partial charge in [-0.3, -0.25) is 0 Å². The molecular formula is C20H28F3NO3. The molecule has 0 radical (unpaired) electrons. The molecule has 1 aliphatic carbocycles. The minimum atomic E-state index is -3.76. The second-order valence-corrected chi connectivity index (χ2v) is 8.43. The number of ether oxygens (including phenoxy) is 1. The summed E-state index contributed by atoms with van der Waals surface area (Å²) in [5.74, 6) is -5.47. The average molecular weight is 387 g/mol. The summed E-state index contributed by atoms with van der Waals surface area (Å²) in [6.07, 6.45) is 0.977. The van der Waals surface area contributed by atoms with Gasteiger partial charge in [-0.2, -0.15) is 8.78 Å². The molecule has 2 atom stereocenters. The maximum Gasteiger partial charge on any atom is 0.408 e. The second-order valence-electron chi connectivity index (χ2n) is 8.43. The summed E-state index contributed by atoms with van der Waals surface area (Å²) >= 11 is 0. The van der Waals surface area contributed by atoms with Gasteiger partial charge in [0.05, 0.1) is 11.6 Å². The van der Waals surface area contributed by atoms with Crippen LogP contribution in [0.25, 0.3) is 0 Å². The molecule has 2 N–H and O–H groups in total. The zero-order chi connectivity index (χ0) is 20.6. The van der Waals surface area contributed by atoms with Gasteiger partial charge in [-0.25, -0.2) is 9.18 Å². The van der Waals surface area contributed by atoms with Crippen molar-refractivity contribution in [1.29, 1.82) is 0 Å². The molecule has 1 fully saturated rings. The molecule has 1 aromatic carbocycles. The lowest BCUT2D eigenvalue weighted by Crippen LogP contribution is -2.52. The Bertz CT molecular complexity index is 694. The van der Waals surface area contributed by atoms with Gasteiger partial charge in [-0.1, -0.05) is 18.6 Å². The number of hydrogen-bond acceptors (Lipinski definition) is 3. The first-order chi connectivity index (χ1) is 12.3. The van der Waals surface area contributed by atoms with Gasteiger partial charge in [0.1, 0.15) is 17.0 Å². The van der Waals surface area contributed by atoms with Gasteiger partial charge in [-0.15, -0.1) is 0 Å². The van der Waals surface area contributed by atoms with E-state index in [1.165, 1.54) is 19.1 Å². The van der Waals surface area contributed by atoms with E-state index in [0.717, 1.165) is 19.4 Å². The molecule has 152 valence electrons. The molecule has 27 heavy (non-hydrogen) atoms. The minimum absolute atomic E-state index is 0.0950. The monoisotopic (exact) mass is 387 g/mol. The molecule has 0 aliphatic heterocycles. The molecule has 7 heteroatoms. The Balaban J connectivity index is 2.28. The predicted molar refractivity (Wildman–Crippen MR) is 96.0 cm³/mol. The predicted octanol–water partition coefficient (Wildman–Crippen LogP) is 5.05. The van der Waals surface area contributed by atoms with E-state index >= 15 is 0 Å². The van der Waals surface area contributed by atoms with E-state index in [4.69, 9.17) is 4.74 Å². The lowest BCUT2D eigenvalue weighted by molar-refractivity contribution is -0.218. The van der Waals surface area contributed by atoms with E-state index in [9.17, 15) is 23.1 Å². The number of hydrogen-bond donors (Lipinski definition) is 2. The Morgan fingerprint density at radius 1 is 1.26 bits per heavy atom. The van der Waals surface area contributed by atoms with Crippen LogP contribution in [0.4, 0.5) is 18.0 Å². The van der Waals surface area contributed by atoms with Crippen molar-refractivity contribution in [3.8, 4) is 0 Å². The minimum Gasteiger partial charge on any atom is -0.444 e. The third-order valence-electron chi connectivity index (χ3n) is 5.10. The number of carbonyl (C=O) groups excluding carboxylic acids is 1. The van der Waals surface area contributed by atoms with Gasteiger partial charge in [0.15, 0.2) is 0 Å². The number of aliphatic hydroxyl groups is 1. The molecule has 1 amide bonds. The molecule has 0 aromatic heterocycles. The van der Waals surface area contributed by atoms with Crippen molar-refractivity contribution in [3.05, 3.63) is 35.1 Å². The van der Waals surface area contributed by atoms with E-state index in [1.807, 2.05) is 0 Å².